The molecule has 0 unspecified atom stereocenters. The van der Waals surface area contributed by atoms with Gasteiger partial charge in [-0.3, -0.25) is 0 Å². The summed E-state index contributed by atoms with van der Waals surface area (Å²) >= 11 is 9.55. The Morgan fingerprint density at radius 1 is 1.56 bits per heavy atom. The Bertz CT molecular complexity index is 480. The molecular weight excluding hydrogens is 291 g/mol. The molecule has 0 atom stereocenters. The van der Waals surface area contributed by atoms with Gasteiger partial charge in [-0.25, -0.2) is 4.79 Å². The first-order valence-electron chi connectivity index (χ1n) is 4.98. The van der Waals surface area contributed by atoms with Crippen LogP contribution in [-0.2, 0) is 16.0 Å². The van der Waals surface area contributed by atoms with Crippen molar-refractivity contribution in [2.45, 2.75) is 13.3 Å². The van der Waals surface area contributed by atoms with Crippen LogP contribution in [0.1, 0.15) is 18.1 Å². The third kappa shape index (κ3) is 2.02. The maximum Gasteiger partial charge on any atom is 0.335 e. The normalized spacial score (nSPS) is 13.9. The molecule has 0 aliphatic heterocycles. The second kappa shape index (κ2) is 4.60. The molecule has 0 amide bonds. The number of rotatable bonds is 2. The van der Waals surface area contributed by atoms with Gasteiger partial charge in [-0.15, -0.1) is 0 Å². The minimum atomic E-state index is -0.320. The Labute approximate surface area is 107 Å². The van der Waals surface area contributed by atoms with Crippen molar-refractivity contribution >= 4 is 38.5 Å². The number of fused-ring (bicyclic) bond motifs is 1. The van der Waals surface area contributed by atoms with Crippen molar-refractivity contribution in [3.8, 4) is 0 Å². The van der Waals surface area contributed by atoms with Crippen LogP contribution in [0.15, 0.2) is 28.2 Å². The molecule has 1 aliphatic rings. The molecule has 1 aromatic carbocycles. The Kier molecular flexibility index (Phi) is 3.36. The SMILES string of the molecule is CCOC(=O)C1=C(Cl)c2ccc(Br)cc2C1. The highest BCUT2D eigenvalue weighted by molar-refractivity contribution is 9.10. The predicted octanol–water partition coefficient (Wildman–Crippen LogP) is 3.52. The van der Waals surface area contributed by atoms with E-state index in [1.165, 1.54) is 0 Å². The molecule has 1 aromatic rings. The highest BCUT2D eigenvalue weighted by Crippen LogP contribution is 2.37. The van der Waals surface area contributed by atoms with Crippen molar-refractivity contribution in [3.05, 3.63) is 39.4 Å². The number of benzene rings is 1. The average molecular weight is 302 g/mol. The van der Waals surface area contributed by atoms with Crippen molar-refractivity contribution in [2.75, 3.05) is 6.61 Å². The number of carbonyl (C=O) groups is 1. The average Bonchev–Trinajstić information content (AvgIpc) is 2.56. The molecule has 16 heavy (non-hydrogen) atoms. The summed E-state index contributed by atoms with van der Waals surface area (Å²) in [6.45, 7) is 2.15. The van der Waals surface area contributed by atoms with Crippen LogP contribution in [0.4, 0.5) is 0 Å². The maximum atomic E-state index is 11.6. The quantitative estimate of drug-likeness (QED) is 0.781. The van der Waals surface area contributed by atoms with Crippen LogP contribution in [0.3, 0.4) is 0 Å². The smallest absolute Gasteiger partial charge is 0.335 e. The molecule has 0 saturated heterocycles. The second-order valence-electron chi connectivity index (χ2n) is 3.49. The van der Waals surface area contributed by atoms with Gasteiger partial charge in [0.05, 0.1) is 17.2 Å². The molecule has 0 heterocycles. The van der Waals surface area contributed by atoms with Gasteiger partial charge in [0, 0.05) is 10.9 Å². The van der Waals surface area contributed by atoms with Gasteiger partial charge in [0.15, 0.2) is 0 Å². The van der Waals surface area contributed by atoms with E-state index in [1.807, 2.05) is 18.2 Å². The molecule has 0 fully saturated rings. The number of esters is 1. The van der Waals surface area contributed by atoms with E-state index < -0.39 is 0 Å². The fourth-order valence-corrected chi connectivity index (χ4v) is 2.47. The lowest BCUT2D eigenvalue weighted by molar-refractivity contribution is -0.138. The van der Waals surface area contributed by atoms with Gasteiger partial charge in [0.1, 0.15) is 0 Å². The molecule has 84 valence electrons. The van der Waals surface area contributed by atoms with Crippen molar-refractivity contribution in [3.63, 3.8) is 0 Å². The molecule has 4 heteroatoms. The predicted molar refractivity (Wildman–Crippen MR) is 67.3 cm³/mol. The molecular formula is C12H10BrClO2. The summed E-state index contributed by atoms with van der Waals surface area (Å²) in [5.74, 6) is -0.320. The lowest BCUT2D eigenvalue weighted by atomic mass is 10.1. The van der Waals surface area contributed by atoms with Crippen LogP contribution in [0.5, 0.6) is 0 Å². The summed E-state index contributed by atoms with van der Waals surface area (Å²) in [6.07, 6.45) is 0.548. The van der Waals surface area contributed by atoms with Crippen molar-refractivity contribution < 1.29 is 9.53 Å². The van der Waals surface area contributed by atoms with Crippen LogP contribution >= 0.6 is 27.5 Å². The lowest BCUT2D eigenvalue weighted by Gasteiger charge is -2.01. The number of hydrogen-bond donors (Lipinski definition) is 0. The zero-order valence-electron chi connectivity index (χ0n) is 8.72. The van der Waals surface area contributed by atoms with Crippen molar-refractivity contribution in [1.82, 2.24) is 0 Å². The van der Waals surface area contributed by atoms with Gasteiger partial charge in [0.2, 0.25) is 0 Å². The van der Waals surface area contributed by atoms with Crippen molar-refractivity contribution in [2.24, 2.45) is 0 Å². The fourth-order valence-electron chi connectivity index (χ4n) is 1.73. The molecule has 2 nitrogen and oxygen atoms in total. The van der Waals surface area contributed by atoms with E-state index in [0.29, 0.717) is 23.6 Å². The van der Waals surface area contributed by atoms with E-state index >= 15 is 0 Å². The summed E-state index contributed by atoms with van der Waals surface area (Å²) in [6, 6.07) is 5.80. The summed E-state index contributed by atoms with van der Waals surface area (Å²) < 4.78 is 5.95. The molecule has 0 aromatic heterocycles. The summed E-state index contributed by atoms with van der Waals surface area (Å²) in [4.78, 5) is 11.6. The van der Waals surface area contributed by atoms with E-state index in [4.69, 9.17) is 16.3 Å². The first-order valence-corrected chi connectivity index (χ1v) is 6.15. The number of carbonyl (C=O) groups excluding carboxylic acids is 1. The minimum Gasteiger partial charge on any atom is -0.463 e. The third-order valence-corrected chi connectivity index (χ3v) is 3.38. The Morgan fingerprint density at radius 2 is 2.31 bits per heavy atom. The Balaban J connectivity index is 2.35. The molecule has 2 rings (SSSR count). The first kappa shape index (κ1) is 11.7. The molecule has 0 radical (unpaired) electrons. The molecule has 1 aliphatic carbocycles. The monoisotopic (exact) mass is 300 g/mol. The van der Waals surface area contributed by atoms with Crippen LogP contribution in [0.25, 0.3) is 5.03 Å². The van der Waals surface area contributed by atoms with Gasteiger partial charge in [0.25, 0.3) is 0 Å². The highest BCUT2D eigenvalue weighted by Gasteiger charge is 2.25. The highest BCUT2D eigenvalue weighted by atomic mass is 79.9. The zero-order valence-corrected chi connectivity index (χ0v) is 11.1. The van der Waals surface area contributed by atoms with Gasteiger partial charge < -0.3 is 4.74 Å². The van der Waals surface area contributed by atoms with E-state index in [9.17, 15) is 4.79 Å². The third-order valence-electron chi connectivity index (χ3n) is 2.46. The number of halogens is 2. The van der Waals surface area contributed by atoms with Crippen LogP contribution < -0.4 is 0 Å². The van der Waals surface area contributed by atoms with Gasteiger partial charge in [-0.1, -0.05) is 33.6 Å². The van der Waals surface area contributed by atoms with Crippen molar-refractivity contribution in [1.29, 1.82) is 0 Å². The van der Waals surface area contributed by atoms with Gasteiger partial charge in [-0.2, -0.15) is 0 Å². The second-order valence-corrected chi connectivity index (χ2v) is 4.78. The van der Waals surface area contributed by atoms with Crippen LogP contribution in [-0.4, -0.2) is 12.6 Å². The number of ether oxygens (including phenoxy) is 1. The zero-order chi connectivity index (χ0) is 11.7. The summed E-state index contributed by atoms with van der Waals surface area (Å²) in [5, 5.41) is 0.515. The van der Waals surface area contributed by atoms with Gasteiger partial charge in [-0.05, 0) is 30.2 Å². The topological polar surface area (TPSA) is 26.3 Å². The Hall–Kier alpha value is -0.800. The molecule has 0 saturated carbocycles. The van der Waals surface area contributed by atoms with E-state index in [1.54, 1.807) is 6.92 Å². The summed E-state index contributed by atoms with van der Waals surface area (Å²) in [5.41, 5.74) is 2.53. The minimum absolute atomic E-state index is 0.320. The van der Waals surface area contributed by atoms with E-state index in [2.05, 4.69) is 15.9 Å². The van der Waals surface area contributed by atoms with E-state index in [0.717, 1.165) is 15.6 Å². The maximum absolute atomic E-state index is 11.6. The van der Waals surface area contributed by atoms with Gasteiger partial charge >= 0.3 is 5.97 Å². The molecule has 0 N–H and O–H groups in total. The van der Waals surface area contributed by atoms with Crippen LogP contribution in [0.2, 0.25) is 0 Å². The largest absolute Gasteiger partial charge is 0.463 e. The lowest BCUT2D eigenvalue weighted by Crippen LogP contribution is -2.07. The fraction of sp³-hybridized carbons (Fsp3) is 0.250. The Morgan fingerprint density at radius 3 is 3.00 bits per heavy atom. The molecule has 0 bridgehead atoms. The summed E-state index contributed by atoms with van der Waals surface area (Å²) in [7, 11) is 0. The van der Waals surface area contributed by atoms with Crippen LogP contribution in [0, 0.1) is 0 Å². The van der Waals surface area contributed by atoms with E-state index in [-0.39, 0.29) is 5.97 Å². The first-order chi connectivity index (χ1) is 7.63. The number of hydrogen-bond acceptors (Lipinski definition) is 2. The molecule has 0 spiro atoms. The standard InChI is InChI=1S/C12H10BrClO2/c1-2-16-12(15)10-6-7-5-8(13)3-4-9(7)11(10)14/h3-5H,2,6H2,1H3.